The van der Waals surface area contributed by atoms with Gasteiger partial charge in [-0.2, -0.15) is 0 Å². The van der Waals surface area contributed by atoms with Crippen LogP contribution in [-0.2, 0) is 16.2 Å². The minimum Gasteiger partial charge on any atom is -0.0619 e. The van der Waals surface area contributed by atoms with E-state index in [0.29, 0.717) is 0 Å². The highest BCUT2D eigenvalue weighted by atomic mass is 14.4. The smallest absolute Gasteiger partial charge is 0.0159 e. The van der Waals surface area contributed by atoms with Gasteiger partial charge in [-0.15, -0.1) is 0 Å². The van der Waals surface area contributed by atoms with Gasteiger partial charge in [0.1, 0.15) is 0 Å². The van der Waals surface area contributed by atoms with Crippen LogP contribution in [0.4, 0.5) is 0 Å². The number of hydrogen-bond donors (Lipinski definition) is 0. The zero-order valence-electron chi connectivity index (χ0n) is 33.4. The van der Waals surface area contributed by atoms with Crippen LogP contribution >= 0.6 is 0 Å². The van der Waals surface area contributed by atoms with Crippen LogP contribution in [0.15, 0.2) is 152 Å². The summed E-state index contributed by atoms with van der Waals surface area (Å²) in [6.45, 7) is 16.4. The second-order valence-electron chi connectivity index (χ2n) is 18.6. The van der Waals surface area contributed by atoms with Crippen molar-refractivity contribution < 1.29 is 0 Å². The van der Waals surface area contributed by atoms with E-state index in [1.165, 1.54) is 116 Å². The van der Waals surface area contributed by atoms with Crippen LogP contribution in [0.2, 0.25) is 0 Å². The Kier molecular flexibility index (Phi) is 6.73. The topological polar surface area (TPSA) is 0 Å². The Bertz CT molecular complexity index is 3070. The zero-order valence-corrected chi connectivity index (χ0v) is 33.4. The molecule has 0 N–H and O–H groups in total. The van der Waals surface area contributed by atoms with Gasteiger partial charge in [-0.25, -0.2) is 0 Å². The molecule has 9 aromatic carbocycles. The first-order valence-corrected chi connectivity index (χ1v) is 20.2. The molecule has 0 aliphatic heterocycles. The fraction of sp³-hybridized carbons (Fsp3) is 0.179. The van der Waals surface area contributed by atoms with E-state index in [1.54, 1.807) is 0 Å². The summed E-state index contributed by atoms with van der Waals surface area (Å²) in [6.07, 6.45) is 0. The Morgan fingerprint density at radius 1 is 0.339 bits per heavy atom. The summed E-state index contributed by atoms with van der Waals surface area (Å²) < 4.78 is 0. The molecule has 270 valence electrons. The third-order valence-corrected chi connectivity index (χ3v) is 13.6. The van der Waals surface area contributed by atoms with Gasteiger partial charge in [0, 0.05) is 10.8 Å². The molecule has 0 unspecified atom stereocenters. The fourth-order valence-electron chi connectivity index (χ4n) is 10.3. The van der Waals surface area contributed by atoms with Gasteiger partial charge in [-0.05, 0) is 139 Å². The van der Waals surface area contributed by atoms with Gasteiger partial charge >= 0.3 is 0 Å². The lowest BCUT2D eigenvalue weighted by molar-refractivity contribution is 0.591. The molecule has 0 fully saturated rings. The molecule has 2 aliphatic rings. The van der Waals surface area contributed by atoms with Crippen molar-refractivity contribution in [3.63, 3.8) is 0 Å². The monoisotopic (exact) mass is 718 g/mol. The van der Waals surface area contributed by atoms with Gasteiger partial charge in [-0.3, -0.25) is 0 Å². The summed E-state index contributed by atoms with van der Waals surface area (Å²) in [6, 6.07) is 58.2. The van der Waals surface area contributed by atoms with Crippen LogP contribution in [0.5, 0.6) is 0 Å². The number of fused-ring (bicyclic) bond motifs is 6. The molecule has 0 aromatic heterocycles. The van der Waals surface area contributed by atoms with E-state index < -0.39 is 0 Å². The molecule has 0 amide bonds. The van der Waals surface area contributed by atoms with E-state index in [1.807, 2.05) is 0 Å². The second-order valence-corrected chi connectivity index (χ2v) is 18.6. The largest absolute Gasteiger partial charge is 0.0619 e. The molecule has 0 bridgehead atoms. The molecule has 0 heterocycles. The molecule has 0 saturated heterocycles. The molecular weight excluding hydrogens is 673 g/mol. The van der Waals surface area contributed by atoms with Crippen molar-refractivity contribution in [2.24, 2.45) is 0 Å². The first-order chi connectivity index (χ1) is 26.9. The maximum absolute atomic E-state index is 2.46. The van der Waals surface area contributed by atoms with Gasteiger partial charge < -0.3 is 0 Å². The molecule has 9 aromatic rings. The van der Waals surface area contributed by atoms with Crippen LogP contribution in [0.3, 0.4) is 0 Å². The zero-order chi connectivity index (χ0) is 38.3. The molecule has 0 radical (unpaired) electrons. The molecule has 0 atom stereocenters. The second kappa shape index (κ2) is 11.3. The first-order valence-electron chi connectivity index (χ1n) is 20.2. The normalized spacial score (nSPS) is 15.0. The van der Waals surface area contributed by atoms with E-state index in [2.05, 4.69) is 200 Å². The van der Waals surface area contributed by atoms with Crippen molar-refractivity contribution >= 4 is 32.3 Å². The predicted octanol–water partition coefficient (Wildman–Crippen LogP) is 15.5. The van der Waals surface area contributed by atoms with Gasteiger partial charge in [0.2, 0.25) is 0 Å². The first kappa shape index (κ1) is 33.4. The van der Waals surface area contributed by atoms with Gasteiger partial charge in [0.25, 0.3) is 0 Å². The summed E-state index contributed by atoms with van der Waals surface area (Å²) in [5.41, 5.74) is 20.1. The van der Waals surface area contributed by atoms with Crippen LogP contribution in [-0.4, -0.2) is 0 Å². The third-order valence-electron chi connectivity index (χ3n) is 13.6. The maximum atomic E-state index is 2.46. The molecule has 56 heavy (non-hydrogen) atoms. The molecule has 0 saturated carbocycles. The van der Waals surface area contributed by atoms with E-state index in [-0.39, 0.29) is 16.2 Å². The van der Waals surface area contributed by atoms with Crippen molar-refractivity contribution in [3.8, 4) is 55.6 Å². The van der Waals surface area contributed by atoms with Crippen molar-refractivity contribution in [3.05, 3.63) is 179 Å². The Morgan fingerprint density at radius 2 is 0.768 bits per heavy atom. The van der Waals surface area contributed by atoms with Crippen LogP contribution < -0.4 is 0 Å². The molecule has 0 heteroatoms. The summed E-state index contributed by atoms with van der Waals surface area (Å²) >= 11 is 0. The predicted molar refractivity (Wildman–Crippen MR) is 240 cm³/mol. The molecule has 0 nitrogen and oxygen atoms in total. The van der Waals surface area contributed by atoms with E-state index >= 15 is 0 Å². The van der Waals surface area contributed by atoms with Gasteiger partial charge in [-0.1, -0.05) is 182 Å². The number of hydrogen-bond acceptors (Lipinski definition) is 0. The minimum atomic E-state index is -0.113. The minimum absolute atomic E-state index is 0.0124. The molecular formula is C56H46. The quantitative estimate of drug-likeness (QED) is 0.160. The van der Waals surface area contributed by atoms with Gasteiger partial charge in [0.15, 0.2) is 0 Å². The maximum Gasteiger partial charge on any atom is 0.0159 e. The SMILES string of the molecule is CC(C)(C)c1cc2ccc3ccc(-c4ccc(-c5ccc6c(c5)C(C)(C)c5cc(-c7ccc8c(c7)C(C)(C)c7ccccc7-8)ccc5-6)cc4)c4ccc(c1)c2c34. The third kappa shape index (κ3) is 4.65. The van der Waals surface area contributed by atoms with Crippen LogP contribution in [0, 0.1) is 0 Å². The van der Waals surface area contributed by atoms with E-state index in [4.69, 9.17) is 0 Å². The lowest BCUT2D eigenvalue weighted by Crippen LogP contribution is -2.15. The van der Waals surface area contributed by atoms with Crippen LogP contribution in [0.25, 0.3) is 88.0 Å². The van der Waals surface area contributed by atoms with E-state index in [9.17, 15) is 0 Å². The van der Waals surface area contributed by atoms with Crippen molar-refractivity contribution in [1.82, 2.24) is 0 Å². The Balaban J connectivity index is 0.925. The van der Waals surface area contributed by atoms with Crippen molar-refractivity contribution in [2.45, 2.75) is 64.7 Å². The average molecular weight is 719 g/mol. The van der Waals surface area contributed by atoms with Crippen molar-refractivity contribution in [1.29, 1.82) is 0 Å². The highest BCUT2D eigenvalue weighted by molar-refractivity contribution is 6.25. The van der Waals surface area contributed by atoms with Crippen molar-refractivity contribution in [2.75, 3.05) is 0 Å². The summed E-state index contributed by atoms with van der Waals surface area (Å²) in [5.74, 6) is 0. The summed E-state index contributed by atoms with van der Waals surface area (Å²) in [7, 11) is 0. The lowest BCUT2D eigenvalue weighted by Gasteiger charge is -2.23. The van der Waals surface area contributed by atoms with Gasteiger partial charge in [0.05, 0.1) is 0 Å². The number of rotatable bonds is 3. The average Bonchev–Trinajstić information content (AvgIpc) is 3.58. The molecule has 2 aliphatic carbocycles. The summed E-state index contributed by atoms with van der Waals surface area (Å²) in [4.78, 5) is 0. The highest BCUT2D eigenvalue weighted by Gasteiger charge is 2.37. The summed E-state index contributed by atoms with van der Waals surface area (Å²) in [5, 5.41) is 8.03. The number of benzene rings is 9. The van der Waals surface area contributed by atoms with Crippen LogP contribution in [0.1, 0.15) is 76.3 Å². The standard InChI is InChI=1S/C56H46/c1-54(2,3)41-28-39-17-16-35-18-23-42(47-27-22-40(29-41)52(39)53(35)47)34-14-12-33(13-15-34)36-19-24-45-46-26-21-38(32-51(46)56(6,7)50(45)30-36)37-20-25-44-43-10-8-9-11-48(43)55(4,5)49(44)31-37/h8-32H,1-7H3. The Morgan fingerprint density at radius 3 is 1.36 bits per heavy atom. The molecule has 0 spiro atoms. The Labute approximate surface area is 330 Å². The molecule has 11 rings (SSSR count). The highest BCUT2D eigenvalue weighted by Crippen LogP contribution is 2.53. The fourth-order valence-corrected chi connectivity index (χ4v) is 10.3. The Hall–Kier alpha value is -5.98. The van der Waals surface area contributed by atoms with E-state index in [0.717, 1.165) is 0 Å². The lowest BCUT2D eigenvalue weighted by atomic mass is 9.80.